The Morgan fingerprint density at radius 2 is 2.41 bits per heavy atom. The van der Waals surface area contributed by atoms with Gasteiger partial charge in [-0.3, -0.25) is 4.79 Å². The van der Waals surface area contributed by atoms with E-state index in [4.69, 9.17) is 10.5 Å². The summed E-state index contributed by atoms with van der Waals surface area (Å²) < 4.78 is 5.33. The number of nitrogens with two attached hydrogens (primary N) is 1. The van der Waals surface area contributed by atoms with Crippen molar-refractivity contribution in [2.45, 2.75) is 19.4 Å². The summed E-state index contributed by atoms with van der Waals surface area (Å²) in [4.78, 5) is 10.8. The van der Waals surface area contributed by atoms with Gasteiger partial charge in [-0.2, -0.15) is 0 Å². The Labute approximate surface area is 99.6 Å². The predicted octanol–water partition coefficient (Wildman–Crippen LogP) is 0.412. The molecular formula is C11H16N4O2. The maximum absolute atomic E-state index is 10.8. The first-order valence-electron chi connectivity index (χ1n) is 5.64. The van der Waals surface area contributed by atoms with E-state index in [0.29, 0.717) is 11.7 Å². The lowest BCUT2D eigenvalue weighted by Crippen LogP contribution is -2.27. The average Bonchev–Trinajstić information content (AvgIpc) is 2.83. The van der Waals surface area contributed by atoms with Crippen LogP contribution in [0, 0.1) is 5.92 Å². The van der Waals surface area contributed by atoms with E-state index in [2.05, 4.69) is 22.4 Å². The smallest absolute Gasteiger partial charge is 0.269 e. The molecular weight excluding hydrogens is 220 g/mol. The molecule has 1 fully saturated rings. The van der Waals surface area contributed by atoms with Gasteiger partial charge in [0.05, 0.1) is 6.61 Å². The topological polar surface area (TPSA) is 90.1 Å². The molecule has 1 amide bonds. The van der Waals surface area contributed by atoms with E-state index in [9.17, 15) is 4.79 Å². The molecule has 0 bridgehead atoms. The molecule has 17 heavy (non-hydrogen) atoms. The van der Waals surface area contributed by atoms with Crippen molar-refractivity contribution < 1.29 is 9.53 Å². The fraction of sp³-hybridized carbons (Fsp3) is 0.545. The van der Waals surface area contributed by atoms with Gasteiger partial charge >= 0.3 is 0 Å². The van der Waals surface area contributed by atoms with Crippen LogP contribution < -0.4 is 11.1 Å². The lowest BCUT2D eigenvalue weighted by Gasteiger charge is -2.19. The van der Waals surface area contributed by atoms with Crippen molar-refractivity contribution in [3.05, 3.63) is 17.8 Å². The summed E-state index contributed by atoms with van der Waals surface area (Å²) in [5, 5.41) is 10.9. The zero-order valence-electron chi connectivity index (χ0n) is 9.72. The van der Waals surface area contributed by atoms with Gasteiger partial charge in [-0.1, -0.05) is 0 Å². The molecule has 6 nitrogen and oxygen atoms in total. The van der Waals surface area contributed by atoms with Crippen molar-refractivity contribution in [3.63, 3.8) is 0 Å². The van der Waals surface area contributed by atoms with Gasteiger partial charge in [-0.25, -0.2) is 0 Å². The van der Waals surface area contributed by atoms with Crippen molar-refractivity contribution in [2.75, 3.05) is 18.5 Å². The minimum Gasteiger partial charge on any atom is -0.381 e. The highest BCUT2D eigenvalue weighted by molar-refractivity contribution is 5.90. The monoisotopic (exact) mass is 236 g/mol. The van der Waals surface area contributed by atoms with E-state index in [1.807, 2.05) is 0 Å². The van der Waals surface area contributed by atoms with Crippen molar-refractivity contribution in [1.29, 1.82) is 0 Å². The van der Waals surface area contributed by atoms with Gasteiger partial charge < -0.3 is 15.8 Å². The first-order chi connectivity index (χ1) is 8.16. The molecule has 1 aromatic heterocycles. The van der Waals surface area contributed by atoms with Crippen LogP contribution in [0.25, 0.3) is 0 Å². The number of nitrogens with one attached hydrogen (secondary N) is 1. The lowest BCUT2D eigenvalue weighted by molar-refractivity contribution is 0.0994. The van der Waals surface area contributed by atoms with Crippen LogP contribution in [-0.2, 0) is 4.74 Å². The molecule has 1 aliphatic rings. The molecule has 2 heterocycles. The normalized spacial score (nSPS) is 21.1. The number of anilines is 1. The van der Waals surface area contributed by atoms with Crippen LogP contribution >= 0.6 is 0 Å². The maximum Gasteiger partial charge on any atom is 0.269 e. The van der Waals surface area contributed by atoms with Crippen LogP contribution in [0.15, 0.2) is 12.1 Å². The molecule has 2 rings (SSSR count). The number of ether oxygens (including phenoxy) is 1. The van der Waals surface area contributed by atoms with Crippen molar-refractivity contribution >= 4 is 11.7 Å². The van der Waals surface area contributed by atoms with Crippen LogP contribution in [0.4, 0.5) is 5.82 Å². The summed E-state index contributed by atoms with van der Waals surface area (Å²) in [5.41, 5.74) is 5.26. The Morgan fingerprint density at radius 1 is 1.59 bits per heavy atom. The quantitative estimate of drug-likeness (QED) is 0.790. The van der Waals surface area contributed by atoms with Crippen LogP contribution in [0.3, 0.4) is 0 Å². The van der Waals surface area contributed by atoms with Gasteiger partial charge in [0.25, 0.3) is 5.91 Å². The molecule has 0 spiro atoms. The zero-order chi connectivity index (χ0) is 12.3. The van der Waals surface area contributed by atoms with Crippen LogP contribution in [0.5, 0.6) is 0 Å². The first-order valence-corrected chi connectivity index (χ1v) is 5.64. The molecule has 6 heteroatoms. The molecule has 0 saturated carbocycles. The second-order valence-corrected chi connectivity index (χ2v) is 4.22. The summed E-state index contributed by atoms with van der Waals surface area (Å²) in [7, 11) is 0. The molecule has 1 saturated heterocycles. The van der Waals surface area contributed by atoms with Crippen molar-refractivity contribution in [2.24, 2.45) is 11.7 Å². The SMILES string of the molecule is CC(Nc1ccc(C(N)=O)nn1)C1CCOC1. The van der Waals surface area contributed by atoms with Gasteiger partial charge in [0, 0.05) is 18.6 Å². The minimum absolute atomic E-state index is 0.174. The van der Waals surface area contributed by atoms with Gasteiger partial charge in [0.15, 0.2) is 5.69 Å². The predicted molar refractivity (Wildman–Crippen MR) is 62.6 cm³/mol. The standard InChI is InChI=1S/C11H16N4O2/c1-7(8-4-5-17-6-8)13-10-3-2-9(11(12)16)14-15-10/h2-3,7-8H,4-6H2,1H3,(H2,12,16)(H,13,15). The second kappa shape index (κ2) is 5.09. The van der Waals surface area contributed by atoms with E-state index in [-0.39, 0.29) is 11.7 Å². The van der Waals surface area contributed by atoms with Gasteiger partial charge in [0.1, 0.15) is 5.82 Å². The van der Waals surface area contributed by atoms with E-state index < -0.39 is 5.91 Å². The van der Waals surface area contributed by atoms with Crippen molar-refractivity contribution in [3.8, 4) is 0 Å². The number of primary amides is 1. The third-order valence-electron chi connectivity index (χ3n) is 2.96. The highest BCUT2D eigenvalue weighted by Gasteiger charge is 2.22. The largest absolute Gasteiger partial charge is 0.381 e. The first kappa shape index (κ1) is 11.8. The fourth-order valence-electron chi connectivity index (χ4n) is 1.84. The molecule has 0 aliphatic carbocycles. The fourth-order valence-corrected chi connectivity index (χ4v) is 1.84. The number of nitrogens with zero attached hydrogens (tertiary/aromatic N) is 2. The van der Waals surface area contributed by atoms with E-state index in [0.717, 1.165) is 19.6 Å². The third kappa shape index (κ3) is 2.91. The molecule has 2 atom stereocenters. The molecule has 1 aromatic rings. The number of hydrogen-bond acceptors (Lipinski definition) is 5. The molecule has 0 radical (unpaired) electrons. The second-order valence-electron chi connectivity index (χ2n) is 4.22. The van der Waals surface area contributed by atoms with E-state index in [1.165, 1.54) is 0 Å². The number of hydrogen-bond donors (Lipinski definition) is 2. The Kier molecular flexibility index (Phi) is 3.53. The molecule has 3 N–H and O–H groups in total. The van der Waals surface area contributed by atoms with Crippen LogP contribution in [0.2, 0.25) is 0 Å². The highest BCUT2D eigenvalue weighted by Crippen LogP contribution is 2.19. The number of carbonyl (C=O) groups is 1. The molecule has 92 valence electrons. The maximum atomic E-state index is 10.8. The van der Waals surface area contributed by atoms with Gasteiger partial charge in [-0.05, 0) is 25.5 Å². The minimum atomic E-state index is -0.568. The zero-order valence-corrected chi connectivity index (χ0v) is 9.72. The Hall–Kier alpha value is -1.69. The summed E-state index contributed by atoms with van der Waals surface area (Å²) in [6, 6.07) is 3.54. The highest BCUT2D eigenvalue weighted by atomic mass is 16.5. The van der Waals surface area contributed by atoms with E-state index in [1.54, 1.807) is 12.1 Å². The van der Waals surface area contributed by atoms with Gasteiger partial charge in [0.2, 0.25) is 0 Å². The average molecular weight is 236 g/mol. The Balaban J connectivity index is 1.96. The van der Waals surface area contributed by atoms with Crippen molar-refractivity contribution in [1.82, 2.24) is 10.2 Å². The lowest BCUT2D eigenvalue weighted by atomic mass is 10.0. The number of aromatic nitrogens is 2. The third-order valence-corrected chi connectivity index (χ3v) is 2.96. The molecule has 1 aliphatic heterocycles. The summed E-state index contributed by atoms with van der Waals surface area (Å²) >= 11 is 0. The van der Waals surface area contributed by atoms with Crippen LogP contribution in [-0.4, -0.2) is 35.4 Å². The molecule has 2 unspecified atom stereocenters. The number of carbonyl (C=O) groups excluding carboxylic acids is 1. The number of amides is 1. The summed E-state index contributed by atoms with van der Waals surface area (Å²) in [6.45, 7) is 3.69. The number of rotatable bonds is 4. The van der Waals surface area contributed by atoms with Crippen LogP contribution in [0.1, 0.15) is 23.8 Å². The summed E-state index contributed by atoms with van der Waals surface area (Å²) in [5.74, 6) is 0.573. The Bertz CT molecular complexity index is 387. The van der Waals surface area contributed by atoms with E-state index >= 15 is 0 Å². The van der Waals surface area contributed by atoms with Gasteiger partial charge in [-0.15, -0.1) is 10.2 Å². The Morgan fingerprint density at radius 3 is 2.94 bits per heavy atom. The summed E-state index contributed by atoms with van der Waals surface area (Å²) in [6.07, 6.45) is 1.06. The molecule has 0 aromatic carbocycles.